The number of benzene rings is 1. The lowest BCUT2D eigenvalue weighted by molar-refractivity contribution is 0.266. The highest BCUT2D eigenvalue weighted by Crippen LogP contribution is 2.31. The largest absolute Gasteiger partial charge is 0.369 e. The molecule has 0 radical (unpaired) electrons. The molecule has 4 heteroatoms. The van der Waals surface area contributed by atoms with Crippen LogP contribution < -0.4 is 10.2 Å². The standard InChI is InChI=1S/C17H26ClN3/c1-12-10-21(11-17(12)20(2)3)16-7-4-14(18)8-13(16)9-19-15-5-6-15/h4,7-8,12,15,17,19H,5-6,9-11H2,1-3H3. The molecule has 0 amide bonds. The summed E-state index contributed by atoms with van der Waals surface area (Å²) in [5.74, 6) is 0.694. The van der Waals surface area contributed by atoms with Crippen molar-refractivity contribution in [2.24, 2.45) is 5.92 Å². The number of nitrogens with zero attached hydrogens (tertiary/aromatic N) is 2. The number of hydrogen-bond acceptors (Lipinski definition) is 3. The molecule has 0 spiro atoms. The smallest absolute Gasteiger partial charge is 0.0413 e. The molecular weight excluding hydrogens is 282 g/mol. The molecule has 1 heterocycles. The predicted octanol–water partition coefficient (Wildman–Crippen LogP) is 2.98. The summed E-state index contributed by atoms with van der Waals surface area (Å²) in [5.41, 5.74) is 2.68. The minimum Gasteiger partial charge on any atom is -0.369 e. The normalized spacial score (nSPS) is 25.9. The Morgan fingerprint density at radius 1 is 1.29 bits per heavy atom. The summed E-state index contributed by atoms with van der Waals surface area (Å²) in [6, 6.07) is 7.69. The number of likely N-dealkylation sites (N-methyl/N-ethyl adjacent to an activating group) is 1. The molecule has 2 fully saturated rings. The second kappa shape index (κ2) is 6.15. The van der Waals surface area contributed by atoms with Crippen LogP contribution in [-0.4, -0.2) is 44.2 Å². The molecule has 1 saturated carbocycles. The van der Waals surface area contributed by atoms with Gasteiger partial charge in [-0.1, -0.05) is 18.5 Å². The highest BCUT2D eigenvalue weighted by atomic mass is 35.5. The van der Waals surface area contributed by atoms with Crippen LogP contribution in [0.25, 0.3) is 0 Å². The van der Waals surface area contributed by atoms with Gasteiger partial charge in [-0.2, -0.15) is 0 Å². The number of anilines is 1. The van der Waals surface area contributed by atoms with Crippen molar-refractivity contribution >= 4 is 17.3 Å². The van der Waals surface area contributed by atoms with E-state index in [-0.39, 0.29) is 0 Å². The molecule has 2 aliphatic rings. The van der Waals surface area contributed by atoms with Crippen molar-refractivity contribution in [2.45, 2.75) is 38.4 Å². The average Bonchev–Trinajstić information content (AvgIpc) is 3.18. The lowest BCUT2D eigenvalue weighted by Crippen LogP contribution is -2.34. The van der Waals surface area contributed by atoms with Gasteiger partial charge in [0, 0.05) is 42.4 Å². The van der Waals surface area contributed by atoms with Crippen LogP contribution in [0, 0.1) is 5.92 Å². The minimum absolute atomic E-state index is 0.630. The summed E-state index contributed by atoms with van der Waals surface area (Å²) in [5, 5.41) is 4.45. The fourth-order valence-electron chi connectivity index (χ4n) is 3.36. The predicted molar refractivity (Wildman–Crippen MR) is 90.2 cm³/mol. The highest BCUT2D eigenvalue weighted by Gasteiger charge is 2.32. The Bertz CT molecular complexity index is 499. The van der Waals surface area contributed by atoms with E-state index in [4.69, 9.17) is 11.6 Å². The third-order valence-electron chi connectivity index (χ3n) is 4.78. The van der Waals surface area contributed by atoms with Crippen LogP contribution in [0.4, 0.5) is 5.69 Å². The van der Waals surface area contributed by atoms with Gasteiger partial charge in [0.15, 0.2) is 0 Å². The van der Waals surface area contributed by atoms with Crippen molar-refractivity contribution in [3.8, 4) is 0 Å². The van der Waals surface area contributed by atoms with Crippen LogP contribution in [0.5, 0.6) is 0 Å². The maximum absolute atomic E-state index is 6.21. The number of nitrogens with one attached hydrogen (secondary N) is 1. The summed E-state index contributed by atoms with van der Waals surface area (Å²) in [6.07, 6.45) is 2.64. The first-order valence-electron chi connectivity index (χ1n) is 7.98. The Balaban J connectivity index is 1.77. The second-order valence-corrected chi connectivity index (χ2v) is 7.28. The molecule has 1 N–H and O–H groups in total. The molecule has 116 valence electrons. The molecule has 0 aromatic heterocycles. The molecule has 1 aliphatic carbocycles. The van der Waals surface area contributed by atoms with Gasteiger partial charge < -0.3 is 15.1 Å². The quantitative estimate of drug-likeness (QED) is 0.902. The summed E-state index contributed by atoms with van der Waals surface area (Å²) >= 11 is 6.21. The lowest BCUT2D eigenvalue weighted by atomic mass is 10.1. The number of hydrogen-bond donors (Lipinski definition) is 1. The molecule has 3 nitrogen and oxygen atoms in total. The van der Waals surface area contributed by atoms with E-state index in [0.717, 1.165) is 30.7 Å². The maximum Gasteiger partial charge on any atom is 0.0413 e. The van der Waals surface area contributed by atoms with Crippen molar-refractivity contribution in [2.75, 3.05) is 32.1 Å². The third-order valence-corrected chi connectivity index (χ3v) is 5.01. The molecule has 2 atom stereocenters. The molecule has 0 bridgehead atoms. The second-order valence-electron chi connectivity index (χ2n) is 6.84. The zero-order valence-corrected chi connectivity index (χ0v) is 14.0. The van der Waals surface area contributed by atoms with Gasteiger partial charge >= 0.3 is 0 Å². The number of halogens is 1. The maximum atomic E-state index is 6.21. The van der Waals surface area contributed by atoms with E-state index in [0.29, 0.717) is 12.0 Å². The molecule has 1 aromatic carbocycles. The van der Waals surface area contributed by atoms with Crippen LogP contribution in [-0.2, 0) is 6.54 Å². The van der Waals surface area contributed by atoms with Gasteiger partial charge in [-0.25, -0.2) is 0 Å². The van der Waals surface area contributed by atoms with Crippen LogP contribution >= 0.6 is 11.6 Å². The molecule has 1 saturated heterocycles. The summed E-state index contributed by atoms with van der Waals surface area (Å²) in [6.45, 7) is 5.51. The average molecular weight is 308 g/mol. The van der Waals surface area contributed by atoms with Crippen LogP contribution in [0.15, 0.2) is 18.2 Å². The SMILES string of the molecule is CC1CN(c2ccc(Cl)cc2CNC2CC2)CC1N(C)C. The number of rotatable bonds is 5. The van der Waals surface area contributed by atoms with Crippen molar-refractivity contribution < 1.29 is 0 Å². The van der Waals surface area contributed by atoms with Gasteiger partial charge in [0.25, 0.3) is 0 Å². The fourth-order valence-corrected chi connectivity index (χ4v) is 3.56. The Morgan fingerprint density at radius 3 is 2.67 bits per heavy atom. The monoisotopic (exact) mass is 307 g/mol. The van der Waals surface area contributed by atoms with Crippen molar-refractivity contribution in [3.05, 3.63) is 28.8 Å². The third kappa shape index (κ3) is 3.53. The molecular formula is C17H26ClN3. The van der Waals surface area contributed by atoms with Crippen molar-refractivity contribution in [3.63, 3.8) is 0 Å². The molecule has 1 aromatic rings. The zero-order chi connectivity index (χ0) is 15.0. The summed E-state index contributed by atoms with van der Waals surface area (Å²) in [4.78, 5) is 4.87. The lowest BCUT2D eigenvalue weighted by Gasteiger charge is -2.24. The fraction of sp³-hybridized carbons (Fsp3) is 0.647. The van der Waals surface area contributed by atoms with E-state index in [2.05, 4.69) is 48.3 Å². The Kier molecular flexibility index (Phi) is 4.43. The zero-order valence-electron chi connectivity index (χ0n) is 13.3. The van der Waals surface area contributed by atoms with Crippen molar-refractivity contribution in [1.29, 1.82) is 0 Å². The van der Waals surface area contributed by atoms with Gasteiger partial charge in [-0.05, 0) is 56.6 Å². The van der Waals surface area contributed by atoms with Gasteiger partial charge in [0.05, 0.1) is 0 Å². The molecule has 1 aliphatic heterocycles. The van der Waals surface area contributed by atoms with Crippen LogP contribution in [0.3, 0.4) is 0 Å². The van der Waals surface area contributed by atoms with Gasteiger partial charge in [0.1, 0.15) is 0 Å². The van der Waals surface area contributed by atoms with Crippen LogP contribution in [0.1, 0.15) is 25.3 Å². The van der Waals surface area contributed by atoms with E-state index in [9.17, 15) is 0 Å². The Hall–Kier alpha value is -0.770. The molecule has 2 unspecified atom stereocenters. The van der Waals surface area contributed by atoms with Crippen LogP contribution in [0.2, 0.25) is 5.02 Å². The highest BCUT2D eigenvalue weighted by molar-refractivity contribution is 6.30. The molecule has 21 heavy (non-hydrogen) atoms. The van der Waals surface area contributed by atoms with E-state index < -0.39 is 0 Å². The van der Waals surface area contributed by atoms with E-state index in [1.807, 2.05) is 6.07 Å². The first-order valence-corrected chi connectivity index (χ1v) is 8.35. The Morgan fingerprint density at radius 2 is 2.05 bits per heavy atom. The minimum atomic E-state index is 0.630. The topological polar surface area (TPSA) is 18.5 Å². The van der Waals surface area contributed by atoms with E-state index >= 15 is 0 Å². The first kappa shape index (κ1) is 15.1. The van der Waals surface area contributed by atoms with E-state index in [1.54, 1.807) is 0 Å². The van der Waals surface area contributed by atoms with Gasteiger partial charge in [0.2, 0.25) is 0 Å². The van der Waals surface area contributed by atoms with Crippen molar-refractivity contribution in [1.82, 2.24) is 10.2 Å². The summed E-state index contributed by atoms with van der Waals surface area (Å²) in [7, 11) is 4.37. The molecule has 3 rings (SSSR count). The summed E-state index contributed by atoms with van der Waals surface area (Å²) < 4.78 is 0. The van der Waals surface area contributed by atoms with Gasteiger partial charge in [-0.3, -0.25) is 0 Å². The van der Waals surface area contributed by atoms with E-state index in [1.165, 1.54) is 24.1 Å². The first-order chi connectivity index (χ1) is 10.0. The Labute approximate surface area is 133 Å². The van der Waals surface area contributed by atoms with Gasteiger partial charge in [-0.15, -0.1) is 0 Å².